The highest BCUT2D eigenvalue weighted by atomic mass is 19.4. The van der Waals surface area contributed by atoms with Gasteiger partial charge in [0.2, 0.25) is 0 Å². The van der Waals surface area contributed by atoms with Crippen molar-refractivity contribution in [2.45, 2.75) is 25.6 Å². The molecule has 3 aromatic rings. The Labute approximate surface area is 165 Å². The summed E-state index contributed by atoms with van der Waals surface area (Å²) in [4.78, 5) is 11.7. The lowest BCUT2D eigenvalue weighted by molar-refractivity contribution is -0.137. The Hall–Kier alpha value is -3.29. The van der Waals surface area contributed by atoms with Crippen molar-refractivity contribution in [3.05, 3.63) is 71.9 Å². The number of nitrogens with two attached hydrogens (primary N) is 1. The van der Waals surface area contributed by atoms with Crippen LogP contribution in [0.3, 0.4) is 0 Å². The molecular weight excluding hydrogens is 383 g/mol. The maximum atomic E-state index is 12.7. The lowest BCUT2D eigenvalue weighted by Gasteiger charge is -2.10. The Morgan fingerprint density at radius 1 is 1.07 bits per heavy atom. The predicted octanol–water partition coefficient (Wildman–Crippen LogP) is 4.53. The topological polar surface area (TPSA) is 70.1 Å². The molecule has 0 bridgehead atoms. The van der Waals surface area contributed by atoms with Crippen LogP contribution in [0.1, 0.15) is 28.8 Å². The van der Waals surface area contributed by atoms with Crippen LogP contribution in [0.4, 0.5) is 13.2 Å². The van der Waals surface area contributed by atoms with Crippen molar-refractivity contribution >= 4 is 5.91 Å². The third-order valence-electron chi connectivity index (χ3n) is 4.29. The number of rotatable bonds is 8. The van der Waals surface area contributed by atoms with Crippen molar-refractivity contribution in [2.75, 3.05) is 6.61 Å². The fourth-order valence-corrected chi connectivity index (χ4v) is 2.85. The zero-order valence-electron chi connectivity index (χ0n) is 15.5. The van der Waals surface area contributed by atoms with Gasteiger partial charge in [0.05, 0.1) is 17.7 Å². The van der Waals surface area contributed by atoms with Crippen LogP contribution in [-0.2, 0) is 12.7 Å². The molecule has 3 rings (SSSR count). The van der Waals surface area contributed by atoms with Gasteiger partial charge >= 0.3 is 6.18 Å². The van der Waals surface area contributed by atoms with E-state index in [1.165, 1.54) is 12.1 Å². The summed E-state index contributed by atoms with van der Waals surface area (Å²) in [5.74, 6) is -0.371. The van der Waals surface area contributed by atoms with Crippen LogP contribution in [0.5, 0.6) is 5.75 Å². The van der Waals surface area contributed by atoms with Gasteiger partial charge in [-0.25, -0.2) is 0 Å². The smallest absolute Gasteiger partial charge is 0.416 e. The first-order chi connectivity index (χ1) is 13.8. The standard InChI is InChI=1S/C21H20F3N3O2/c22-21(23,24)16-9-6-10-17(13-16)29-12-5-4-11-27-14-18(20(25)28)19(26-27)15-7-2-1-3-8-15/h1-3,6-10,13-14H,4-5,11-12H2,(H2,25,28). The quantitative estimate of drug-likeness (QED) is 0.562. The van der Waals surface area contributed by atoms with Crippen molar-refractivity contribution in [1.29, 1.82) is 0 Å². The molecule has 1 heterocycles. The second-order valence-corrected chi connectivity index (χ2v) is 6.47. The van der Waals surface area contributed by atoms with Gasteiger partial charge < -0.3 is 10.5 Å². The molecule has 0 aliphatic carbocycles. The number of unbranched alkanes of at least 4 members (excludes halogenated alkanes) is 1. The van der Waals surface area contributed by atoms with E-state index in [9.17, 15) is 18.0 Å². The Balaban J connectivity index is 1.54. The summed E-state index contributed by atoms with van der Waals surface area (Å²) < 4.78 is 45.2. The van der Waals surface area contributed by atoms with E-state index in [0.29, 0.717) is 30.6 Å². The third kappa shape index (κ3) is 5.37. The number of nitrogens with zero attached hydrogens (tertiary/aromatic N) is 2. The molecule has 2 N–H and O–H groups in total. The van der Waals surface area contributed by atoms with E-state index in [-0.39, 0.29) is 12.4 Å². The summed E-state index contributed by atoms with van der Waals surface area (Å²) in [5.41, 5.74) is 6.39. The number of primary amides is 1. The first-order valence-electron chi connectivity index (χ1n) is 9.07. The average Bonchev–Trinajstić information content (AvgIpc) is 3.13. The van der Waals surface area contributed by atoms with E-state index >= 15 is 0 Å². The fourth-order valence-electron chi connectivity index (χ4n) is 2.85. The molecule has 8 heteroatoms. The number of aryl methyl sites for hydroxylation is 1. The number of halogens is 3. The highest BCUT2D eigenvalue weighted by Gasteiger charge is 2.30. The minimum absolute atomic E-state index is 0.182. The number of hydrogen-bond acceptors (Lipinski definition) is 3. The number of alkyl halides is 3. The molecule has 0 aliphatic heterocycles. The van der Waals surface area contributed by atoms with E-state index in [1.54, 1.807) is 10.9 Å². The zero-order valence-corrected chi connectivity index (χ0v) is 15.5. The van der Waals surface area contributed by atoms with Gasteiger partial charge in [0, 0.05) is 18.3 Å². The monoisotopic (exact) mass is 403 g/mol. The minimum Gasteiger partial charge on any atom is -0.494 e. The van der Waals surface area contributed by atoms with Gasteiger partial charge in [-0.05, 0) is 31.0 Å². The lowest BCUT2D eigenvalue weighted by Crippen LogP contribution is -2.11. The van der Waals surface area contributed by atoms with Crippen LogP contribution in [0, 0.1) is 0 Å². The van der Waals surface area contributed by atoms with Gasteiger partial charge in [-0.1, -0.05) is 36.4 Å². The average molecular weight is 403 g/mol. The first kappa shape index (κ1) is 20.4. The Bertz CT molecular complexity index is 969. The van der Waals surface area contributed by atoms with Crippen LogP contribution in [0.25, 0.3) is 11.3 Å². The molecule has 0 radical (unpaired) electrons. The van der Waals surface area contributed by atoms with E-state index in [1.807, 2.05) is 30.3 Å². The van der Waals surface area contributed by atoms with Crippen molar-refractivity contribution in [2.24, 2.45) is 5.73 Å². The van der Waals surface area contributed by atoms with E-state index in [0.717, 1.165) is 17.7 Å². The first-order valence-corrected chi connectivity index (χ1v) is 9.07. The number of hydrogen-bond donors (Lipinski definition) is 1. The Morgan fingerprint density at radius 2 is 1.83 bits per heavy atom. The molecule has 0 saturated carbocycles. The molecule has 1 aromatic heterocycles. The molecule has 0 fully saturated rings. The molecule has 1 amide bonds. The predicted molar refractivity (Wildman–Crippen MR) is 102 cm³/mol. The summed E-state index contributed by atoms with van der Waals surface area (Å²) in [6.07, 6.45) is -1.50. The van der Waals surface area contributed by atoms with Crippen molar-refractivity contribution in [3.8, 4) is 17.0 Å². The maximum absolute atomic E-state index is 12.7. The molecule has 0 unspecified atom stereocenters. The highest BCUT2D eigenvalue weighted by Crippen LogP contribution is 2.31. The van der Waals surface area contributed by atoms with Gasteiger partial charge in [0.25, 0.3) is 5.91 Å². The number of carbonyl (C=O) groups excluding carboxylic acids is 1. The molecule has 0 spiro atoms. The number of carbonyl (C=O) groups is 1. The van der Waals surface area contributed by atoms with E-state index in [4.69, 9.17) is 10.5 Å². The molecule has 5 nitrogen and oxygen atoms in total. The molecule has 2 aromatic carbocycles. The summed E-state index contributed by atoms with van der Waals surface area (Å²) in [6, 6.07) is 14.1. The minimum atomic E-state index is -4.39. The van der Waals surface area contributed by atoms with Gasteiger partial charge in [-0.15, -0.1) is 0 Å². The summed E-state index contributed by atoms with van der Waals surface area (Å²) in [5, 5.41) is 4.45. The number of amides is 1. The van der Waals surface area contributed by atoms with Crippen molar-refractivity contribution < 1.29 is 22.7 Å². The number of benzene rings is 2. The second-order valence-electron chi connectivity index (χ2n) is 6.47. The molecule has 0 atom stereocenters. The van der Waals surface area contributed by atoms with Gasteiger partial charge in [0.15, 0.2) is 0 Å². The Morgan fingerprint density at radius 3 is 2.52 bits per heavy atom. The third-order valence-corrected chi connectivity index (χ3v) is 4.29. The van der Waals surface area contributed by atoms with Crippen LogP contribution in [0.15, 0.2) is 60.8 Å². The zero-order chi connectivity index (χ0) is 20.9. The van der Waals surface area contributed by atoms with E-state index in [2.05, 4.69) is 5.10 Å². The van der Waals surface area contributed by atoms with Gasteiger partial charge in [-0.2, -0.15) is 18.3 Å². The van der Waals surface area contributed by atoms with Crippen LogP contribution < -0.4 is 10.5 Å². The molecular formula is C21H20F3N3O2. The largest absolute Gasteiger partial charge is 0.494 e. The van der Waals surface area contributed by atoms with Crippen LogP contribution in [-0.4, -0.2) is 22.3 Å². The molecule has 152 valence electrons. The summed E-state index contributed by atoms with van der Waals surface area (Å²) in [7, 11) is 0. The number of aromatic nitrogens is 2. The van der Waals surface area contributed by atoms with E-state index < -0.39 is 17.6 Å². The van der Waals surface area contributed by atoms with Gasteiger partial charge in [0.1, 0.15) is 11.4 Å². The summed E-state index contributed by atoms with van der Waals surface area (Å²) >= 11 is 0. The molecule has 29 heavy (non-hydrogen) atoms. The van der Waals surface area contributed by atoms with Gasteiger partial charge in [-0.3, -0.25) is 9.48 Å². The normalized spacial score (nSPS) is 11.4. The Kier molecular flexibility index (Phi) is 6.21. The van der Waals surface area contributed by atoms with Crippen LogP contribution in [0.2, 0.25) is 0 Å². The highest BCUT2D eigenvalue weighted by molar-refractivity contribution is 5.98. The number of ether oxygens (including phenoxy) is 1. The fraction of sp³-hybridized carbons (Fsp3) is 0.238. The maximum Gasteiger partial charge on any atom is 0.416 e. The summed E-state index contributed by atoms with van der Waals surface area (Å²) in [6.45, 7) is 0.801. The molecule has 0 aliphatic rings. The van der Waals surface area contributed by atoms with Crippen molar-refractivity contribution in [3.63, 3.8) is 0 Å². The molecule has 0 saturated heterocycles. The SMILES string of the molecule is NC(=O)c1cn(CCCCOc2cccc(C(F)(F)F)c2)nc1-c1ccccc1. The van der Waals surface area contributed by atoms with Crippen LogP contribution >= 0.6 is 0 Å². The lowest BCUT2D eigenvalue weighted by atomic mass is 10.1. The van der Waals surface area contributed by atoms with Crippen molar-refractivity contribution in [1.82, 2.24) is 9.78 Å². The second kappa shape index (κ2) is 8.81.